The SMILES string of the molecule is O=C(CSc1nnc(-c2ccc3c(c2)OCO3)o1)Nc1cc([N+](=O)[O-])ccc1Cl. The Morgan fingerprint density at radius 2 is 2.03 bits per heavy atom. The van der Waals surface area contributed by atoms with Gasteiger partial charge >= 0.3 is 0 Å². The fourth-order valence-corrected chi connectivity index (χ4v) is 3.18. The number of amides is 1. The molecule has 0 unspecified atom stereocenters. The van der Waals surface area contributed by atoms with E-state index >= 15 is 0 Å². The number of thioether (sulfide) groups is 1. The molecule has 1 amide bonds. The van der Waals surface area contributed by atoms with Crippen LogP contribution >= 0.6 is 23.4 Å². The molecule has 0 atom stereocenters. The van der Waals surface area contributed by atoms with Gasteiger partial charge in [-0.2, -0.15) is 0 Å². The maximum Gasteiger partial charge on any atom is 0.277 e. The van der Waals surface area contributed by atoms with Crippen molar-refractivity contribution in [2.24, 2.45) is 0 Å². The Morgan fingerprint density at radius 3 is 2.86 bits per heavy atom. The smallest absolute Gasteiger partial charge is 0.277 e. The van der Waals surface area contributed by atoms with Crippen LogP contribution in [0.15, 0.2) is 46.0 Å². The van der Waals surface area contributed by atoms with Crippen LogP contribution in [0.1, 0.15) is 0 Å². The van der Waals surface area contributed by atoms with E-state index in [9.17, 15) is 14.9 Å². The first-order valence-electron chi connectivity index (χ1n) is 8.10. The number of carbonyl (C=O) groups excluding carboxylic acids is 1. The van der Waals surface area contributed by atoms with Crippen LogP contribution in [0, 0.1) is 10.1 Å². The molecule has 0 aliphatic carbocycles. The monoisotopic (exact) mass is 434 g/mol. The van der Waals surface area contributed by atoms with Gasteiger partial charge in [0.1, 0.15) is 0 Å². The first-order chi connectivity index (χ1) is 14.0. The van der Waals surface area contributed by atoms with Crippen LogP contribution < -0.4 is 14.8 Å². The number of nitro groups is 1. The van der Waals surface area contributed by atoms with Crippen molar-refractivity contribution >= 4 is 40.6 Å². The van der Waals surface area contributed by atoms with Crippen LogP contribution in [-0.4, -0.2) is 33.6 Å². The summed E-state index contributed by atoms with van der Waals surface area (Å²) in [5.41, 5.74) is 0.627. The number of benzene rings is 2. The number of hydrogen-bond acceptors (Lipinski definition) is 9. The van der Waals surface area contributed by atoms with Crippen LogP contribution in [0.25, 0.3) is 11.5 Å². The Bertz CT molecular complexity index is 1110. The van der Waals surface area contributed by atoms with Crippen LogP contribution in [0.3, 0.4) is 0 Å². The number of anilines is 1. The lowest BCUT2D eigenvalue weighted by Crippen LogP contribution is -2.14. The topological polar surface area (TPSA) is 130 Å². The molecule has 0 spiro atoms. The lowest BCUT2D eigenvalue weighted by atomic mass is 10.2. The van der Waals surface area contributed by atoms with Crippen molar-refractivity contribution < 1.29 is 23.6 Å². The van der Waals surface area contributed by atoms with Crippen molar-refractivity contribution in [3.05, 3.63) is 51.5 Å². The second-order valence-corrected chi connectivity index (χ2v) is 7.03. The Labute approximate surface area is 172 Å². The molecule has 0 fully saturated rings. The van der Waals surface area contributed by atoms with Gasteiger partial charge in [0, 0.05) is 17.7 Å². The molecule has 12 heteroatoms. The van der Waals surface area contributed by atoms with Crippen molar-refractivity contribution in [3.8, 4) is 23.0 Å². The molecule has 148 valence electrons. The molecule has 0 saturated heterocycles. The highest BCUT2D eigenvalue weighted by molar-refractivity contribution is 7.99. The molecule has 1 aromatic heterocycles. The summed E-state index contributed by atoms with van der Waals surface area (Å²) in [7, 11) is 0. The number of nitrogens with zero attached hydrogens (tertiary/aromatic N) is 3. The molecule has 29 heavy (non-hydrogen) atoms. The molecule has 0 bridgehead atoms. The van der Waals surface area contributed by atoms with Gasteiger partial charge in [0.15, 0.2) is 11.5 Å². The third kappa shape index (κ3) is 4.25. The molecule has 0 saturated carbocycles. The summed E-state index contributed by atoms with van der Waals surface area (Å²) >= 11 is 6.99. The molecule has 4 rings (SSSR count). The minimum atomic E-state index is -0.573. The average Bonchev–Trinajstić information content (AvgIpc) is 3.36. The molecule has 10 nitrogen and oxygen atoms in total. The van der Waals surface area contributed by atoms with Crippen molar-refractivity contribution in [2.45, 2.75) is 5.22 Å². The normalized spacial score (nSPS) is 12.0. The lowest BCUT2D eigenvalue weighted by Gasteiger charge is -2.06. The standard InChI is InChI=1S/C17H11ClN4O6S/c18-11-3-2-10(22(24)25)6-12(11)19-15(23)7-29-17-21-20-16(28-17)9-1-4-13-14(5-9)27-8-26-13/h1-6H,7-8H2,(H,19,23). The van der Waals surface area contributed by atoms with Crippen molar-refractivity contribution in [2.75, 3.05) is 17.9 Å². The molecule has 2 heterocycles. The molecule has 3 aromatic rings. The zero-order valence-corrected chi connectivity index (χ0v) is 16.0. The number of halogens is 1. The number of hydrogen-bond donors (Lipinski definition) is 1. The Morgan fingerprint density at radius 1 is 1.21 bits per heavy atom. The number of rotatable bonds is 6. The first kappa shape index (κ1) is 19.0. The minimum Gasteiger partial charge on any atom is -0.454 e. The third-order valence-corrected chi connectivity index (χ3v) is 4.94. The van der Waals surface area contributed by atoms with E-state index in [1.807, 2.05) is 0 Å². The van der Waals surface area contributed by atoms with E-state index in [1.54, 1.807) is 18.2 Å². The fraction of sp³-hybridized carbons (Fsp3) is 0.118. The first-order valence-corrected chi connectivity index (χ1v) is 9.46. The summed E-state index contributed by atoms with van der Waals surface area (Å²) in [4.78, 5) is 22.4. The quantitative estimate of drug-likeness (QED) is 0.350. The van der Waals surface area contributed by atoms with E-state index in [4.69, 9.17) is 25.5 Å². The molecule has 0 radical (unpaired) electrons. The second kappa shape index (κ2) is 7.97. The molecule has 1 aliphatic rings. The summed E-state index contributed by atoms with van der Waals surface area (Å²) in [5.74, 6) is 1.01. The van der Waals surface area contributed by atoms with Gasteiger partial charge in [0.05, 0.1) is 21.4 Å². The summed E-state index contributed by atoms with van der Waals surface area (Å²) in [6.07, 6.45) is 0. The molecular weight excluding hydrogens is 424 g/mol. The highest BCUT2D eigenvalue weighted by Gasteiger charge is 2.18. The van der Waals surface area contributed by atoms with Gasteiger partial charge < -0.3 is 19.2 Å². The van der Waals surface area contributed by atoms with Gasteiger partial charge in [-0.05, 0) is 24.3 Å². The van der Waals surface area contributed by atoms with Crippen LogP contribution in [0.2, 0.25) is 5.02 Å². The highest BCUT2D eigenvalue weighted by Crippen LogP contribution is 2.36. The van der Waals surface area contributed by atoms with E-state index in [1.165, 1.54) is 18.2 Å². The third-order valence-electron chi connectivity index (χ3n) is 3.79. The fourth-order valence-electron chi connectivity index (χ4n) is 2.45. The maximum absolute atomic E-state index is 12.1. The van der Waals surface area contributed by atoms with Crippen LogP contribution in [0.4, 0.5) is 11.4 Å². The molecule has 1 N–H and O–H groups in total. The summed E-state index contributed by atoms with van der Waals surface area (Å²) in [6.45, 7) is 0.160. The predicted molar refractivity (Wildman–Crippen MR) is 103 cm³/mol. The number of nitrogens with one attached hydrogen (secondary N) is 1. The second-order valence-electron chi connectivity index (χ2n) is 5.70. The summed E-state index contributed by atoms with van der Waals surface area (Å²) in [6, 6.07) is 9.01. The predicted octanol–water partition coefficient (Wildman–Crippen LogP) is 3.76. The zero-order chi connectivity index (χ0) is 20.4. The van der Waals surface area contributed by atoms with Gasteiger partial charge in [0.2, 0.25) is 18.6 Å². The van der Waals surface area contributed by atoms with Gasteiger partial charge in [-0.3, -0.25) is 14.9 Å². The van der Waals surface area contributed by atoms with Crippen molar-refractivity contribution in [1.29, 1.82) is 0 Å². The Balaban J connectivity index is 1.38. The van der Waals surface area contributed by atoms with E-state index in [2.05, 4.69) is 15.5 Å². The number of carbonyl (C=O) groups is 1. The van der Waals surface area contributed by atoms with Gasteiger partial charge in [-0.1, -0.05) is 23.4 Å². The van der Waals surface area contributed by atoms with Crippen molar-refractivity contribution in [3.63, 3.8) is 0 Å². The van der Waals surface area contributed by atoms with E-state index < -0.39 is 10.8 Å². The number of fused-ring (bicyclic) bond motifs is 1. The number of aromatic nitrogens is 2. The summed E-state index contributed by atoms with van der Waals surface area (Å²) < 4.78 is 16.1. The minimum absolute atomic E-state index is 0.0538. The van der Waals surface area contributed by atoms with Crippen LogP contribution in [-0.2, 0) is 4.79 Å². The number of nitro benzene ring substituents is 1. The average molecular weight is 435 g/mol. The largest absolute Gasteiger partial charge is 0.454 e. The molecule has 1 aliphatic heterocycles. The maximum atomic E-state index is 12.1. The Kier molecular flexibility index (Phi) is 5.23. The number of ether oxygens (including phenoxy) is 2. The Hall–Kier alpha value is -3.31. The van der Waals surface area contributed by atoms with Crippen molar-refractivity contribution in [1.82, 2.24) is 10.2 Å². The molecule has 2 aromatic carbocycles. The highest BCUT2D eigenvalue weighted by atomic mass is 35.5. The van der Waals surface area contributed by atoms with Gasteiger partial charge in [-0.15, -0.1) is 10.2 Å². The van der Waals surface area contributed by atoms with Gasteiger partial charge in [-0.25, -0.2) is 0 Å². The van der Waals surface area contributed by atoms with E-state index in [-0.39, 0.29) is 40.1 Å². The lowest BCUT2D eigenvalue weighted by molar-refractivity contribution is -0.384. The molecular formula is C17H11ClN4O6S. The van der Waals surface area contributed by atoms with Gasteiger partial charge in [0.25, 0.3) is 10.9 Å². The van der Waals surface area contributed by atoms with E-state index in [0.29, 0.717) is 17.1 Å². The van der Waals surface area contributed by atoms with Crippen LogP contribution in [0.5, 0.6) is 11.5 Å². The zero-order valence-electron chi connectivity index (χ0n) is 14.5. The summed E-state index contributed by atoms with van der Waals surface area (Å²) in [5, 5.41) is 21.6. The van der Waals surface area contributed by atoms with E-state index in [0.717, 1.165) is 11.8 Å². The number of non-ortho nitro benzene ring substituents is 1.